The van der Waals surface area contributed by atoms with Crippen molar-refractivity contribution in [1.82, 2.24) is 4.31 Å². The molecule has 168 valence electrons. The van der Waals surface area contributed by atoms with Gasteiger partial charge in [-0.2, -0.15) is 17.5 Å². The van der Waals surface area contributed by atoms with E-state index in [4.69, 9.17) is 4.74 Å². The maximum absolute atomic E-state index is 14.2. The Morgan fingerprint density at radius 3 is 2.35 bits per heavy atom. The molecule has 2 aromatic carbocycles. The van der Waals surface area contributed by atoms with E-state index >= 15 is 0 Å². The molecule has 3 rings (SSSR count). The Morgan fingerprint density at radius 1 is 1.10 bits per heavy atom. The Hall–Kier alpha value is -2.50. The highest BCUT2D eigenvalue weighted by Gasteiger charge is 2.42. The molecular weight excluding hydrogens is 440 g/mol. The molecule has 0 spiro atoms. The fraction of sp³-hybridized carbons (Fsp3) is 0.350. The first-order valence-corrected chi connectivity index (χ1v) is 10.8. The van der Waals surface area contributed by atoms with Gasteiger partial charge in [-0.25, -0.2) is 12.8 Å². The molecule has 0 aromatic heterocycles. The number of halogens is 4. The Kier molecular flexibility index (Phi) is 6.97. The van der Waals surface area contributed by atoms with Crippen molar-refractivity contribution in [2.24, 2.45) is 0 Å². The number of ether oxygens (including phenoxy) is 1. The van der Waals surface area contributed by atoms with Gasteiger partial charge in [0, 0.05) is 25.2 Å². The number of carbonyl (C=O) groups is 1. The van der Waals surface area contributed by atoms with Crippen LogP contribution in [0.1, 0.15) is 17.9 Å². The van der Waals surface area contributed by atoms with Gasteiger partial charge in [-0.05, 0) is 23.8 Å². The van der Waals surface area contributed by atoms with Crippen LogP contribution in [0.3, 0.4) is 0 Å². The SMILES string of the molecule is O=C(CC(c1ccccc1)C(F)(F)F)Nc1ccc(F)c(S(=O)(=O)N2CCOCC2)c1. The zero-order valence-corrected chi connectivity index (χ0v) is 17.0. The average Bonchev–Trinajstić information content (AvgIpc) is 2.74. The highest BCUT2D eigenvalue weighted by molar-refractivity contribution is 7.89. The molecule has 1 N–H and O–H groups in total. The number of rotatable bonds is 6. The van der Waals surface area contributed by atoms with Crippen molar-refractivity contribution in [3.8, 4) is 0 Å². The summed E-state index contributed by atoms with van der Waals surface area (Å²) in [5.41, 5.74) is -0.188. The molecule has 31 heavy (non-hydrogen) atoms. The number of hydrogen-bond acceptors (Lipinski definition) is 4. The van der Waals surface area contributed by atoms with E-state index in [0.29, 0.717) is 0 Å². The summed E-state index contributed by atoms with van der Waals surface area (Å²) in [7, 11) is -4.19. The van der Waals surface area contributed by atoms with Crippen LogP contribution in [0.15, 0.2) is 53.4 Å². The van der Waals surface area contributed by atoms with E-state index in [1.54, 1.807) is 6.07 Å². The summed E-state index contributed by atoms with van der Waals surface area (Å²) in [4.78, 5) is 11.6. The minimum atomic E-state index is -4.66. The third-order valence-corrected chi connectivity index (χ3v) is 6.70. The van der Waals surface area contributed by atoms with E-state index in [2.05, 4.69) is 5.32 Å². The highest BCUT2D eigenvalue weighted by atomic mass is 32.2. The minimum absolute atomic E-state index is 0.0443. The van der Waals surface area contributed by atoms with E-state index in [9.17, 15) is 30.8 Å². The number of carbonyl (C=O) groups excluding carboxylic acids is 1. The number of amides is 1. The monoisotopic (exact) mass is 460 g/mol. The van der Waals surface area contributed by atoms with Crippen molar-refractivity contribution in [2.75, 3.05) is 31.6 Å². The maximum Gasteiger partial charge on any atom is 0.396 e. The van der Waals surface area contributed by atoms with Crippen LogP contribution < -0.4 is 5.32 Å². The van der Waals surface area contributed by atoms with E-state index in [-0.39, 0.29) is 37.6 Å². The molecule has 1 atom stereocenters. The second kappa shape index (κ2) is 9.33. The summed E-state index contributed by atoms with van der Waals surface area (Å²) in [6.45, 7) is 0.413. The van der Waals surface area contributed by atoms with Gasteiger partial charge < -0.3 is 10.1 Å². The number of hydrogen-bond donors (Lipinski definition) is 1. The fourth-order valence-electron chi connectivity index (χ4n) is 3.21. The Morgan fingerprint density at radius 2 is 1.74 bits per heavy atom. The van der Waals surface area contributed by atoms with Crippen LogP contribution in [0.4, 0.5) is 23.2 Å². The molecule has 1 saturated heterocycles. The van der Waals surface area contributed by atoms with Gasteiger partial charge >= 0.3 is 6.18 Å². The smallest absolute Gasteiger partial charge is 0.379 e. The van der Waals surface area contributed by atoms with Gasteiger partial charge in [0.05, 0.1) is 19.1 Å². The predicted molar refractivity (Wildman–Crippen MR) is 104 cm³/mol. The Labute approximate surface area is 176 Å². The summed E-state index contributed by atoms with van der Waals surface area (Å²) in [6, 6.07) is 9.84. The van der Waals surface area contributed by atoms with E-state index in [0.717, 1.165) is 22.5 Å². The fourth-order valence-corrected chi connectivity index (χ4v) is 4.71. The molecule has 1 heterocycles. The van der Waals surface area contributed by atoms with Crippen LogP contribution in [-0.4, -0.2) is 51.1 Å². The lowest BCUT2D eigenvalue weighted by Crippen LogP contribution is -2.40. The first-order chi connectivity index (χ1) is 14.6. The summed E-state index contributed by atoms with van der Waals surface area (Å²) in [5, 5.41) is 2.24. The molecular formula is C20H20F4N2O4S. The summed E-state index contributed by atoms with van der Waals surface area (Å²) >= 11 is 0. The summed E-state index contributed by atoms with van der Waals surface area (Å²) < 4.78 is 86.2. The molecule has 1 aliphatic heterocycles. The third kappa shape index (κ3) is 5.60. The van der Waals surface area contributed by atoms with Crippen LogP contribution in [0, 0.1) is 5.82 Å². The van der Waals surface area contributed by atoms with Gasteiger partial charge in [0.1, 0.15) is 10.7 Å². The zero-order chi connectivity index (χ0) is 22.6. The maximum atomic E-state index is 14.2. The van der Waals surface area contributed by atoms with Gasteiger partial charge in [-0.15, -0.1) is 0 Å². The lowest BCUT2D eigenvalue weighted by atomic mass is 9.95. The van der Waals surface area contributed by atoms with Crippen LogP contribution in [0.2, 0.25) is 0 Å². The predicted octanol–water partition coefficient (Wildman–Crippen LogP) is 3.52. The number of nitrogens with zero attached hydrogens (tertiary/aromatic N) is 1. The first-order valence-electron chi connectivity index (χ1n) is 9.38. The van der Waals surface area contributed by atoms with Crippen molar-refractivity contribution < 1.29 is 35.5 Å². The van der Waals surface area contributed by atoms with Crippen LogP contribution >= 0.6 is 0 Å². The van der Waals surface area contributed by atoms with Crippen molar-refractivity contribution in [2.45, 2.75) is 23.4 Å². The Bertz CT molecular complexity index is 1020. The molecule has 11 heteroatoms. The van der Waals surface area contributed by atoms with Crippen LogP contribution in [0.5, 0.6) is 0 Å². The number of alkyl halides is 3. The number of benzene rings is 2. The lowest BCUT2D eigenvalue weighted by Gasteiger charge is -2.26. The van der Waals surface area contributed by atoms with Gasteiger partial charge in [-0.1, -0.05) is 30.3 Å². The van der Waals surface area contributed by atoms with Gasteiger partial charge in [0.25, 0.3) is 0 Å². The molecule has 0 bridgehead atoms. The second-order valence-corrected chi connectivity index (χ2v) is 8.83. The van der Waals surface area contributed by atoms with E-state index < -0.39 is 45.2 Å². The van der Waals surface area contributed by atoms with Crippen molar-refractivity contribution in [1.29, 1.82) is 0 Å². The number of morpholine rings is 1. The average molecular weight is 460 g/mol. The normalized spacial score (nSPS) is 16.6. The largest absolute Gasteiger partial charge is 0.396 e. The molecule has 1 amide bonds. The molecule has 0 radical (unpaired) electrons. The highest BCUT2D eigenvalue weighted by Crippen LogP contribution is 2.37. The number of nitrogens with one attached hydrogen (secondary N) is 1. The Balaban J connectivity index is 1.79. The van der Waals surface area contributed by atoms with E-state index in [1.807, 2.05) is 0 Å². The molecule has 6 nitrogen and oxygen atoms in total. The molecule has 1 unspecified atom stereocenters. The zero-order valence-electron chi connectivity index (χ0n) is 16.2. The molecule has 2 aromatic rings. The number of sulfonamides is 1. The quantitative estimate of drug-likeness (QED) is 0.670. The number of anilines is 1. The molecule has 0 aliphatic carbocycles. The molecule has 1 fully saturated rings. The van der Waals surface area contributed by atoms with Gasteiger partial charge in [0.15, 0.2) is 0 Å². The second-order valence-electron chi connectivity index (χ2n) is 6.92. The standard InChI is InChI=1S/C20H20F4N2O4S/c21-17-7-6-15(12-18(17)31(28,29)26-8-10-30-11-9-26)25-19(27)13-16(20(22,23)24)14-4-2-1-3-5-14/h1-7,12,16H,8-11,13H2,(H,25,27). The molecule has 0 saturated carbocycles. The van der Waals surface area contributed by atoms with E-state index in [1.165, 1.54) is 24.3 Å². The van der Waals surface area contributed by atoms with Crippen molar-refractivity contribution >= 4 is 21.6 Å². The molecule has 1 aliphatic rings. The van der Waals surface area contributed by atoms with Crippen molar-refractivity contribution in [3.05, 3.63) is 59.9 Å². The van der Waals surface area contributed by atoms with Gasteiger partial charge in [0.2, 0.25) is 15.9 Å². The first kappa shape index (κ1) is 23.2. The van der Waals surface area contributed by atoms with Crippen molar-refractivity contribution in [3.63, 3.8) is 0 Å². The van der Waals surface area contributed by atoms with Crippen LogP contribution in [0.25, 0.3) is 0 Å². The third-order valence-electron chi connectivity index (χ3n) is 4.79. The van der Waals surface area contributed by atoms with Crippen LogP contribution in [-0.2, 0) is 19.6 Å². The minimum Gasteiger partial charge on any atom is -0.379 e. The topological polar surface area (TPSA) is 75.7 Å². The summed E-state index contributed by atoms with van der Waals surface area (Å²) in [6.07, 6.45) is -5.57. The lowest BCUT2D eigenvalue weighted by molar-refractivity contribution is -0.155. The summed E-state index contributed by atoms with van der Waals surface area (Å²) in [5.74, 6) is -4.04. The van der Waals surface area contributed by atoms with Gasteiger partial charge in [-0.3, -0.25) is 4.79 Å².